The first kappa shape index (κ1) is 17.7. The molecule has 7 nitrogen and oxygen atoms in total. The lowest BCUT2D eigenvalue weighted by molar-refractivity contribution is 0.102. The standard InChI is InChI=1S/C17H16FN5O2S/c1-2-25-14-5-3-11(7-13(14)18)8-19-15-6-4-12(9-20-15)16(24)22-17-23-21-10-26-17/h3-7,9-10H,2,8H2,1H3,(H,19,20)(H,22,23,24). The topological polar surface area (TPSA) is 89.0 Å². The number of amides is 1. The number of rotatable bonds is 7. The molecule has 0 saturated heterocycles. The van der Waals surface area contributed by atoms with Gasteiger partial charge in [0.05, 0.1) is 12.2 Å². The van der Waals surface area contributed by atoms with Crippen LogP contribution in [0.15, 0.2) is 42.0 Å². The number of pyridine rings is 1. The van der Waals surface area contributed by atoms with Crippen LogP contribution in [0.5, 0.6) is 5.75 Å². The molecule has 0 saturated carbocycles. The molecular formula is C17H16FN5O2S. The van der Waals surface area contributed by atoms with Gasteiger partial charge in [0, 0.05) is 12.7 Å². The number of carbonyl (C=O) groups excluding carboxylic acids is 1. The van der Waals surface area contributed by atoms with Crippen molar-refractivity contribution in [2.24, 2.45) is 0 Å². The Balaban J connectivity index is 1.57. The Morgan fingerprint density at radius 3 is 2.85 bits per heavy atom. The zero-order valence-electron chi connectivity index (χ0n) is 13.9. The van der Waals surface area contributed by atoms with Crippen LogP contribution in [-0.4, -0.2) is 27.7 Å². The van der Waals surface area contributed by atoms with Crippen LogP contribution in [0.1, 0.15) is 22.8 Å². The van der Waals surface area contributed by atoms with Crippen molar-refractivity contribution in [1.82, 2.24) is 15.2 Å². The van der Waals surface area contributed by atoms with Crippen LogP contribution < -0.4 is 15.4 Å². The molecule has 0 aliphatic carbocycles. The summed E-state index contributed by atoms with van der Waals surface area (Å²) in [6.07, 6.45) is 1.46. The SMILES string of the molecule is CCOc1ccc(CNc2ccc(C(=O)Nc3nncs3)cn2)cc1F. The maximum Gasteiger partial charge on any atom is 0.259 e. The quantitative estimate of drug-likeness (QED) is 0.660. The van der Waals surface area contributed by atoms with E-state index in [4.69, 9.17) is 4.74 Å². The molecule has 0 spiro atoms. The third-order valence-corrected chi connectivity index (χ3v) is 3.98. The van der Waals surface area contributed by atoms with E-state index in [0.717, 1.165) is 5.56 Å². The van der Waals surface area contributed by atoms with E-state index < -0.39 is 5.82 Å². The number of hydrogen-bond donors (Lipinski definition) is 2. The lowest BCUT2D eigenvalue weighted by atomic mass is 10.2. The van der Waals surface area contributed by atoms with Gasteiger partial charge in [0.25, 0.3) is 5.91 Å². The predicted molar refractivity (Wildman–Crippen MR) is 97.0 cm³/mol. The number of nitrogens with zero attached hydrogens (tertiary/aromatic N) is 3. The highest BCUT2D eigenvalue weighted by Crippen LogP contribution is 2.19. The molecule has 0 atom stereocenters. The van der Waals surface area contributed by atoms with E-state index in [0.29, 0.717) is 29.7 Å². The number of benzene rings is 1. The molecular weight excluding hydrogens is 357 g/mol. The van der Waals surface area contributed by atoms with E-state index in [-0.39, 0.29) is 11.7 Å². The molecule has 134 valence electrons. The molecule has 0 fully saturated rings. The molecule has 2 heterocycles. The Morgan fingerprint density at radius 2 is 2.19 bits per heavy atom. The number of aromatic nitrogens is 3. The number of halogens is 1. The van der Waals surface area contributed by atoms with Crippen LogP contribution in [0.25, 0.3) is 0 Å². The van der Waals surface area contributed by atoms with Crippen molar-refractivity contribution in [1.29, 1.82) is 0 Å². The highest BCUT2D eigenvalue weighted by Gasteiger charge is 2.09. The summed E-state index contributed by atoms with van der Waals surface area (Å²) in [6.45, 7) is 2.61. The third kappa shape index (κ3) is 4.51. The average Bonchev–Trinajstić information content (AvgIpc) is 3.15. The maximum atomic E-state index is 13.8. The molecule has 1 amide bonds. The van der Waals surface area contributed by atoms with Crippen molar-refractivity contribution in [3.8, 4) is 5.75 Å². The fourth-order valence-electron chi connectivity index (χ4n) is 2.15. The number of carbonyl (C=O) groups is 1. The van der Waals surface area contributed by atoms with Gasteiger partial charge < -0.3 is 10.1 Å². The molecule has 0 radical (unpaired) electrons. The van der Waals surface area contributed by atoms with E-state index in [1.165, 1.54) is 29.1 Å². The summed E-state index contributed by atoms with van der Waals surface area (Å²) < 4.78 is 19.0. The smallest absolute Gasteiger partial charge is 0.259 e. The van der Waals surface area contributed by atoms with Crippen molar-refractivity contribution in [2.45, 2.75) is 13.5 Å². The second-order valence-corrected chi connectivity index (χ2v) is 6.01. The van der Waals surface area contributed by atoms with Crippen LogP contribution in [0.4, 0.5) is 15.3 Å². The first-order valence-electron chi connectivity index (χ1n) is 7.84. The summed E-state index contributed by atoms with van der Waals surface area (Å²) in [5.41, 5.74) is 2.69. The van der Waals surface area contributed by atoms with Crippen molar-refractivity contribution in [3.63, 3.8) is 0 Å². The van der Waals surface area contributed by atoms with Gasteiger partial charge in [-0.25, -0.2) is 9.37 Å². The minimum absolute atomic E-state index is 0.236. The molecule has 3 rings (SSSR count). The number of ether oxygens (including phenoxy) is 1. The second kappa shape index (κ2) is 8.34. The van der Waals surface area contributed by atoms with Gasteiger partial charge in [-0.3, -0.25) is 10.1 Å². The van der Waals surface area contributed by atoms with Crippen LogP contribution in [0.3, 0.4) is 0 Å². The van der Waals surface area contributed by atoms with Crippen LogP contribution in [-0.2, 0) is 6.54 Å². The molecule has 0 aliphatic heterocycles. The molecule has 0 bridgehead atoms. The monoisotopic (exact) mass is 373 g/mol. The second-order valence-electron chi connectivity index (χ2n) is 5.18. The first-order chi connectivity index (χ1) is 12.7. The van der Waals surface area contributed by atoms with Crippen molar-refractivity contribution < 1.29 is 13.9 Å². The van der Waals surface area contributed by atoms with Gasteiger partial charge in [0.2, 0.25) is 5.13 Å². The molecule has 2 aromatic heterocycles. The Kier molecular flexibility index (Phi) is 5.69. The van der Waals surface area contributed by atoms with Gasteiger partial charge in [-0.2, -0.15) is 0 Å². The summed E-state index contributed by atoms with van der Waals surface area (Å²) >= 11 is 1.23. The van der Waals surface area contributed by atoms with Crippen LogP contribution in [0, 0.1) is 5.82 Å². The highest BCUT2D eigenvalue weighted by atomic mass is 32.1. The van der Waals surface area contributed by atoms with E-state index >= 15 is 0 Å². The fraction of sp³-hybridized carbons (Fsp3) is 0.176. The van der Waals surface area contributed by atoms with Crippen LogP contribution >= 0.6 is 11.3 Å². The summed E-state index contributed by atoms with van der Waals surface area (Å²) in [5, 5.41) is 13.5. The van der Waals surface area contributed by atoms with E-state index in [1.54, 1.807) is 31.2 Å². The largest absolute Gasteiger partial charge is 0.491 e. The van der Waals surface area contributed by atoms with E-state index in [9.17, 15) is 9.18 Å². The van der Waals surface area contributed by atoms with Crippen molar-refractivity contribution >= 4 is 28.2 Å². The van der Waals surface area contributed by atoms with E-state index in [2.05, 4.69) is 25.8 Å². The van der Waals surface area contributed by atoms with Crippen molar-refractivity contribution in [3.05, 3.63) is 59.0 Å². The molecule has 26 heavy (non-hydrogen) atoms. The number of hydrogen-bond acceptors (Lipinski definition) is 7. The minimum Gasteiger partial charge on any atom is -0.491 e. The van der Waals surface area contributed by atoms with E-state index in [1.807, 2.05) is 0 Å². The number of anilines is 2. The van der Waals surface area contributed by atoms with Crippen molar-refractivity contribution in [2.75, 3.05) is 17.2 Å². The minimum atomic E-state index is -0.400. The Labute approximate surface area is 153 Å². The summed E-state index contributed by atoms with van der Waals surface area (Å²) in [7, 11) is 0. The lowest BCUT2D eigenvalue weighted by Gasteiger charge is -2.09. The molecule has 2 N–H and O–H groups in total. The maximum absolute atomic E-state index is 13.8. The zero-order valence-corrected chi connectivity index (χ0v) is 14.7. The van der Waals surface area contributed by atoms with Gasteiger partial charge in [-0.05, 0) is 36.8 Å². The number of nitrogens with one attached hydrogen (secondary N) is 2. The third-order valence-electron chi connectivity index (χ3n) is 3.38. The molecule has 0 aliphatic rings. The Bertz CT molecular complexity index is 871. The van der Waals surface area contributed by atoms with Gasteiger partial charge in [0.1, 0.15) is 11.3 Å². The fourth-order valence-corrected chi connectivity index (χ4v) is 2.59. The lowest BCUT2D eigenvalue weighted by Crippen LogP contribution is -2.12. The van der Waals surface area contributed by atoms with Crippen LogP contribution in [0.2, 0.25) is 0 Å². The predicted octanol–water partition coefficient (Wildman–Crippen LogP) is 3.34. The van der Waals surface area contributed by atoms with Gasteiger partial charge in [0.15, 0.2) is 11.6 Å². The molecule has 3 aromatic rings. The average molecular weight is 373 g/mol. The van der Waals surface area contributed by atoms with Gasteiger partial charge in [-0.15, -0.1) is 10.2 Å². The Hall–Kier alpha value is -3.07. The first-order valence-corrected chi connectivity index (χ1v) is 8.72. The Morgan fingerprint density at radius 1 is 1.31 bits per heavy atom. The molecule has 1 aromatic carbocycles. The molecule has 0 unspecified atom stereocenters. The molecule has 9 heteroatoms. The zero-order chi connectivity index (χ0) is 18.4. The summed E-state index contributed by atoms with van der Waals surface area (Å²) in [6, 6.07) is 8.13. The van der Waals surface area contributed by atoms with Gasteiger partial charge >= 0.3 is 0 Å². The normalized spacial score (nSPS) is 10.4. The summed E-state index contributed by atoms with van der Waals surface area (Å²) in [4.78, 5) is 16.2. The summed E-state index contributed by atoms with van der Waals surface area (Å²) in [5.74, 6) is 0.101. The highest BCUT2D eigenvalue weighted by molar-refractivity contribution is 7.13. The van der Waals surface area contributed by atoms with Gasteiger partial charge in [-0.1, -0.05) is 17.4 Å².